The van der Waals surface area contributed by atoms with Crippen molar-refractivity contribution in [2.45, 2.75) is 25.2 Å². The van der Waals surface area contributed by atoms with Crippen molar-refractivity contribution in [3.8, 4) is 0 Å². The Labute approximate surface area is 100 Å². The zero-order valence-corrected chi connectivity index (χ0v) is 9.54. The summed E-state index contributed by atoms with van der Waals surface area (Å²) < 4.78 is 10.7. The number of fused-ring (bicyclic) bond motifs is 2. The molecule has 2 atom stereocenters. The fourth-order valence-corrected chi connectivity index (χ4v) is 2.43. The third kappa shape index (κ3) is 2.13. The molecule has 4 nitrogen and oxygen atoms in total. The van der Waals surface area contributed by atoms with Crippen LogP contribution in [0.3, 0.4) is 0 Å². The van der Waals surface area contributed by atoms with Crippen molar-refractivity contribution >= 4 is 6.09 Å². The lowest BCUT2D eigenvalue weighted by molar-refractivity contribution is 0.0203. The average molecular weight is 233 g/mol. The van der Waals surface area contributed by atoms with Crippen LogP contribution < -0.4 is 0 Å². The van der Waals surface area contributed by atoms with Gasteiger partial charge in [-0.05, 0) is 12.0 Å². The molecule has 1 aromatic rings. The summed E-state index contributed by atoms with van der Waals surface area (Å²) in [7, 11) is 0. The third-order valence-electron chi connectivity index (χ3n) is 3.34. The number of morpholine rings is 1. The smallest absolute Gasteiger partial charge is 0.410 e. The number of hydrogen-bond donors (Lipinski definition) is 0. The minimum atomic E-state index is -0.218. The molecule has 0 aromatic heterocycles. The Balaban J connectivity index is 1.54. The van der Waals surface area contributed by atoms with Crippen LogP contribution in [0, 0.1) is 0 Å². The van der Waals surface area contributed by atoms with Crippen molar-refractivity contribution in [2.75, 3.05) is 13.2 Å². The first-order valence-corrected chi connectivity index (χ1v) is 5.92. The van der Waals surface area contributed by atoms with Gasteiger partial charge in [0, 0.05) is 0 Å². The van der Waals surface area contributed by atoms with Crippen LogP contribution in [-0.4, -0.2) is 36.3 Å². The average Bonchev–Trinajstić information content (AvgIpc) is 2.99. The monoisotopic (exact) mass is 233 g/mol. The molecule has 0 saturated carbocycles. The van der Waals surface area contributed by atoms with Gasteiger partial charge in [-0.3, -0.25) is 0 Å². The van der Waals surface area contributed by atoms with Crippen molar-refractivity contribution in [1.82, 2.24) is 4.90 Å². The highest BCUT2D eigenvalue weighted by molar-refractivity contribution is 5.68. The van der Waals surface area contributed by atoms with Gasteiger partial charge in [-0.1, -0.05) is 30.3 Å². The molecule has 3 rings (SSSR count). The molecule has 0 radical (unpaired) electrons. The van der Waals surface area contributed by atoms with Crippen molar-refractivity contribution in [3.63, 3.8) is 0 Å². The molecule has 2 heterocycles. The molecule has 4 heteroatoms. The standard InChI is InChI=1S/C13H15NO3/c15-13(14-7-12-6-11(14)9-16-12)17-8-10-4-2-1-3-5-10/h1-5,11-12H,6-9H2/t11-,12-/m1/s1. The Morgan fingerprint density at radius 1 is 1.41 bits per heavy atom. The second-order valence-corrected chi connectivity index (χ2v) is 4.54. The van der Waals surface area contributed by atoms with Gasteiger partial charge in [0.1, 0.15) is 6.61 Å². The van der Waals surface area contributed by atoms with Crippen LogP contribution in [0.2, 0.25) is 0 Å². The Morgan fingerprint density at radius 2 is 2.24 bits per heavy atom. The lowest BCUT2D eigenvalue weighted by Crippen LogP contribution is -2.41. The summed E-state index contributed by atoms with van der Waals surface area (Å²) in [5, 5.41) is 0. The maximum atomic E-state index is 11.9. The number of nitrogens with zero attached hydrogens (tertiary/aromatic N) is 1. The first kappa shape index (κ1) is 10.6. The minimum absolute atomic E-state index is 0.218. The lowest BCUT2D eigenvalue weighted by atomic mass is 10.2. The lowest BCUT2D eigenvalue weighted by Gasteiger charge is -2.25. The third-order valence-corrected chi connectivity index (χ3v) is 3.34. The van der Waals surface area contributed by atoms with Gasteiger partial charge in [-0.25, -0.2) is 4.79 Å². The molecule has 2 fully saturated rings. The normalized spacial score (nSPS) is 26.2. The van der Waals surface area contributed by atoms with Crippen LogP contribution in [0.4, 0.5) is 4.79 Å². The van der Waals surface area contributed by atoms with E-state index in [1.54, 1.807) is 4.90 Å². The maximum absolute atomic E-state index is 11.9. The first-order valence-electron chi connectivity index (χ1n) is 5.92. The molecule has 1 aromatic carbocycles. The summed E-state index contributed by atoms with van der Waals surface area (Å²) in [5.74, 6) is 0. The molecule has 0 N–H and O–H groups in total. The molecule has 2 bridgehead atoms. The van der Waals surface area contributed by atoms with Crippen molar-refractivity contribution < 1.29 is 14.3 Å². The first-order chi connectivity index (χ1) is 8.33. The minimum Gasteiger partial charge on any atom is -0.445 e. The largest absolute Gasteiger partial charge is 0.445 e. The van der Waals surface area contributed by atoms with Gasteiger partial charge in [0.05, 0.1) is 25.3 Å². The number of hydrogen-bond acceptors (Lipinski definition) is 3. The summed E-state index contributed by atoms with van der Waals surface area (Å²) in [4.78, 5) is 13.6. The van der Waals surface area contributed by atoms with Crippen molar-refractivity contribution in [1.29, 1.82) is 0 Å². The highest BCUT2D eigenvalue weighted by atomic mass is 16.6. The van der Waals surface area contributed by atoms with Crippen LogP contribution in [-0.2, 0) is 16.1 Å². The second-order valence-electron chi connectivity index (χ2n) is 4.54. The van der Waals surface area contributed by atoms with Gasteiger partial charge in [0.15, 0.2) is 0 Å². The number of carbonyl (C=O) groups is 1. The maximum Gasteiger partial charge on any atom is 0.410 e. The molecule has 0 aliphatic carbocycles. The molecule has 2 saturated heterocycles. The van der Waals surface area contributed by atoms with E-state index in [0.29, 0.717) is 19.8 Å². The van der Waals surface area contributed by atoms with E-state index in [4.69, 9.17) is 9.47 Å². The molecular weight excluding hydrogens is 218 g/mol. The van der Waals surface area contributed by atoms with E-state index < -0.39 is 0 Å². The Kier molecular flexibility index (Phi) is 2.73. The molecule has 0 spiro atoms. The number of ether oxygens (including phenoxy) is 2. The van der Waals surface area contributed by atoms with Gasteiger partial charge >= 0.3 is 6.09 Å². The van der Waals surface area contributed by atoms with E-state index in [0.717, 1.165) is 12.0 Å². The molecule has 90 valence electrons. The molecule has 1 amide bonds. The zero-order chi connectivity index (χ0) is 11.7. The number of rotatable bonds is 2. The SMILES string of the molecule is O=C(OCc1ccccc1)N1C[C@H]2C[C@@H]1CO2. The number of benzene rings is 1. The molecule has 17 heavy (non-hydrogen) atoms. The van der Waals surface area contributed by atoms with Crippen LogP contribution in [0.25, 0.3) is 0 Å². The predicted molar refractivity (Wildman–Crippen MR) is 61.5 cm³/mol. The van der Waals surface area contributed by atoms with Crippen molar-refractivity contribution in [2.24, 2.45) is 0 Å². The summed E-state index contributed by atoms with van der Waals surface area (Å²) in [6.07, 6.45) is 0.967. The second kappa shape index (κ2) is 4.37. The van der Waals surface area contributed by atoms with Gasteiger partial charge in [0.2, 0.25) is 0 Å². The van der Waals surface area contributed by atoms with E-state index >= 15 is 0 Å². The summed E-state index contributed by atoms with van der Waals surface area (Å²) in [6, 6.07) is 9.95. The number of amides is 1. The van der Waals surface area contributed by atoms with Crippen LogP contribution in [0.15, 0.2) is 30.3 Å². The highest BCUT2D eigenvalue weighted by Gasteiger charge is 2.42. The van der Waals surface area contributed by atoms with E-state index in [1.165, 1.54) is 0 Å². The van der Waals surface area contributed by atoms with Gasteiger partial charge in [-0.15, -0.1) is 0 Å². The predicted octanol–water partition coefficient (Wildman–Crippen LogP) is 1.80. The fourth-order valence-electron chi connectivity index (χ4n) is 2.43. The van der Waals surface area contributed by atoms with E-state index in [1.807, 2.05) is 30.3 Å². The highest BCUT2D eigenvalue weighted by Crippen LogP contribution is 2.28. The summed E-state index contributed by atoms with van der Waals surface area (Å²) in [6.45, 7) is 1.68. The Bertz CT molecular complexity index is 406. The summed E-state index contributed by atoms with van der Waals surface area (Å²) >= 11 is 0. The Hall–Kier alpha value is -1.55. The number of carbonyl (C=O) groups excluding carboxylic acids is 1. The van der Waals surface area contributed by atoms with Crippen molar-refractivity contribution in [3.05, 3.63) is 35.9 Å². The summed E-state index contributed by atoms with van der Waals surface area (Å²) in [5.41, 5.74) is 1.02. The molecule has 2 aliphatic heterocycles. The zero-order valence-electron chi connectivity index (χ0n) is 9.54. The molecule has 0 unspecified atom stereocenters. The fraction of sp³-hybridized carbons (Fsp3) is 0.462. The van der Waals surface area contributed by atoms with E-state index in [9.17, 15) is 4.79 Å². The quantitative estimate of drug-likeness (QED) is 0.781. The molecular formula is C13H15NO3. The topological polar surface area (TPSA) is 38.8 Å². The van der Waals surface area contributed by atoms with Gasteiger partial charge in [-0.2, -0.15) is 0 Å². The van der Waals surface area contributed by atoms with E-state index in [-0.39, 0.29) is 18.2 Å². The van der Waals surface area contributed by atoms with Crippen LogP contribution >= 0.6 is 0 Å². The van der Waals surface area contributed by atoms with Gasteiger partial charge < -0.3 is 14.4 Å². The van der Waals surface area contributed by atoms with Crippen LogP contribution in [0.5, 0.6) is 0 Å². The number of likely N-dealkylation sites (tertiary alicyclic amines) is 1. The Morgan fingerprint density at radius 3 is 2.88 bits per heavy atom. The van der Waals surface area contributed by atoms with Gasteiger partial charge in [0.25, 0.3) is 0 Å². The molecule has 2 aliphatic rings. The van der Waals surface area contributed by atoms with E-state index in [2.05, 4.69) is 0 Å². The van der Waals surface area contributed by atoms with Crippen LogP contribution in [0.1, 0.15) is 12.0 Å².